The van der Waals surface area contributed by atoms with Crippen molar-refractivity contribution in [3.05, 3.63) is 0 Å². The third-order valence-corrected chi connectivity index (χ3v) is 5.98. The van der Waals surface area contributed by atoms with Gasteiger partial charge in [-0.25, -0.2) is 8.42 Å². The minimum absolute atomic E-state index is 0.195. The molecule has 2 aliphatic rings. The van der Waals surface area contributed by atoms with Crippen LogP contribution < -0.4 is 5.32 Å². The quantitative estimate of drug-likeness (QED) is 0.806. The summed E-state index contributed by atoms with van der Waals surface area (Å²) in [6.07, 6.45) is 5.57. The van der Waals surface area contributed by atoms with E-state index in [4.69, 9.17) is 0 Å². The SMILES string of the molecule is CC1(C)CCCC1NC1CCCS(=O)(=O)C1. The molecule has 1 aliphatic carbocycles. The predicted octanol–water partition coefficient (Wildman–Crippen LogP) is 1.73. The molecule has 2 unspecified atom stereocenters. The molecule has 1 aliphatic heterocycles. The summed E-state index contributed by atoms with van der Waals surface area (Å²) in [5.74, 6) is 0.735. The first-order valence-corrected chi connectivity index (χ1v) is 8.18. The van der Waals surface area contributed by atoms with Crippen LogP contribution in [0.25, 0.3) is 0 Å². The third-order valence-electron chi connectivity index (χ3n) is 4.16. The second-order valence-corrected chi connectivity index (χ2v) is 8.28. The summed E-state index contributed by atoms with van der Waals surface area (Å²) >= 11 is 0. The smallest absolute Gasteiger partial charge is 0.151 e. The standard InChI is InChI=1S/C12H23NO2S/c1-12(2)7-3-6-11(12)13-10-5-4-8-16(14,15)9-10/h10-11,13H,3-9H2,1-2H3. The lowest BCUT2D eigenvalue weighted by atomic mass is 9.87. The molecule has 1 saturated heterocycles. The van der Waals surface area contributed by atoms with Gasteiger partial charge in [-0.3, -0.25) is 0 Å². The molecule has 0 amide bonds. The van der Waals surface area contributed by atoms with E-state index in [-0.39, 0.29) is 6.04 Å². The van der Waals surface area contributed by atoms with Gasteiger partial charge in [0.25, 0.3) is 0 Å². The van der Waals surface area contributed by atoms with Crippen molar-refractivity contribution in [1.29, 1.82) is 0 Å². The van der Waals surface area contributed by atoms with Crippen LogP contribution in [0.15, 0.2) is 0 Å². The summed E-state index contributed by atoms with van der Waals surface area (Å²) in [5.41, 5.74) is 0.335. The van der Waals surface area contributed by atoms with E-state index in [0.717, 1.165) is 12.8 Å². The average Bonchev–Trinajstić information content (AvgIpc) is 2.44. The summed E-state index contributed by atoms with van der Waals surface area (Å²) in [7, 11) is -2.77. The van der Waals surface area contributed by atoms with Crippen molar-refractivity contribution in [2.24, 2.45) is 5.41 Å². The first-order chi connectivity index (χ1) is 7.39. The van der Waals surface area contributed by atoms with Crippen molar-refractivity contribution in [1.82, 2.24) is 5.32 Å². The van der Waals surface area contributed by atoms with Crippen LogP contribution in [-0.2, 0) is 9.84 Å². The van der Waals surface area contributed by atoms with Gasteiger partial charge in [0.2, 0.25) is 0 Å². The first kappa shape index (κ1) is 12.4. The van der Waals surface area contributed by atoms with Crippen LogP contribution >= 0.6 is 0 Å². The van der Waals surface area contributed by atoms with Crippen molar-refractivity contribution >= 4 is 9.84 Å². The van der Waals surface area contributed by atoms with Crippen molar-refractivity contribution in [3.63, 3.8) is 0 Å². The number of nitrogens with one attached hydrogen (secondary N) is 1. The Bertz CT molecular complexity index is 348. The molecular weight excluding hydrogens is 222 g/mol. The van der Waals surface area contributed by atoms with Crippen LogP contribution in [0.5, 0.6) is 0 Å². The summed E-state index contributed by atoms with van der Waals surface area (Å²) in [4.78, 5) is 0. The summed E-state index contributed by atoms with van der Waals surface area (Å²) in [6.45, 7) is 4.57. The normalized spacial score (nSPS) is 37.4. The Morgan fingerprint density at radius 3 is 2.50 bits per heavy atom. The molecule has 0 aromatic rings. The van der Waals surface area contributed by atoms with Crippen molar-refractivity contribution < 1.29 is 8.42 Å². The molecule has 2 atom stereocenters. The largest absolute Gasteiger partial charge is 0.310 e. The Morgan fingerprint density at radius 2 is 1.94 bits per heavy atom. The highest BCUT2D eigenvalue weighted by Crippen LogP contribution is 2.37. The molecule has 1 heterocycles. The van der Waals surface area contributed by atoms with Crippen LogP contribution in [0.3, 0.4) is 0 Å². The number of sulfone groups is 1. The molecular formula is C12H23NO2S. The molecule has 1 saturated carbocycles. The second kappa shape index (κ2) is 4.30. The molecule has 0 radical (unpaired) electrons. The number of hydrogen-bond donors (Lipinski definition) is 1. The Labute approximate surface area is 98.9 Å². The van der Waals surface area contributed by atoms with Gasteiger partial charge in [-0.2, -0.15) is 0 Å². The molecule has 0 aromatic carbocycles. The van der Waals surface area contributed by atoms with E-state index in [1.54, 1.807) is 0 Å². The molecule has 0 aromatic heterocycles. The number of rotatable bonds is 2. The Kier molecular flexibility index (Phi) is 3.32. The zero-order chi connectivity index (χ0) is 11.8. The van der Waals surface area contributed by atoms with Gasteiger partial charge in [-0.1, -0.05) is 20.3 Å². The molecule has 3 nitrogen and oxygen atoms in total. The molecule has 94 valence electrons. The van der Waals surface area contributed by atoms with Crippen LogP contribution in [0.1, 0.15) is 46.0 Å². The highest BCUT2D eigenvalue weighted by molar-refractivity contribution is 7.91. The lowest BCUT2D eigenvalue weighted by Crippen LogP contribution is -2.48. The Balaban J connectivity index is 1.95. The fraction of sp³-hybridized carbons (Fsp3) is 1.00. The van der Waals surface area contributed by atoms with Crippen LogP contribution in [0.4, 0.5) is 0 Å². The van der Waals surface area contributed by atoms with Crippen molar-refractivity contribution in [3.8, 4) is 0 Å². The Hall–Kier alpha value is -0.0900. The molecule has 4 heteroatoms. The molecule has 0 bridgehead atoms. The molecule has 0 spiro atoms. The maximum atomic E-state index is 11.6. The van der Waals surface area contributed by atoms with Gasteiger partial charge in [0.05, 0.1) is 11.5 Å². The van der Waals surface area contributed by atoms with Crippen molar-refractivity contribution in [2.75, 3.05) is 11.5 Å². The van der Waals surface area contributed by atoms with Gasteiger partial charge in [-0.15, -0.1) is 0 Å². The van der Waals surface area contributed by atoms with Crippen LogP contribution in [0.2, 0.25) is 0 Å². The molecule has 16 heavy (non-hydrogen) atoms. The van der Waals surface area contributed by atoms with E-state index in [9.17, 15) is 8.42 Å². The summed E-state index contributed by atoms with van der Waals surface area (Å²) in [5, 5.41) is 3.58. The third kappa shape index (κ3) is 2.77. The maximum Gasteiger partial charge on any atom is 0.151 e. The molecule has 2 fully saturated rings. The minimum Gasteiger partial charge on any atom is -0.310 e. The van der Waals surface area contributed by atoms with E-state index in [1.165, 1.54) is 19.3 Å². The van der Waals surface area contributed by atoms with E-state index in [0.29, 0.717) is 23.0 Å². The maximum absolute atomic E-state index is 11.6. The van der Waals surface area contributed by atoms with E-state index < -0.39 is 9.84 Å². The van der Waals surface area contributed by atoms with Gasteiger partial charge in [-0.05, 0) is 31.1 Å². The van der Waals surface area contributed by atoms with E-state index in [1.807, 2.05) is 0 Å². The topological polar surface area (TPSA) is 46.2 Å². The lowest BCUT2D eigenvalue weighted by molar-refractivity contribution is 0.260. The van der Waals surface area contributed by atoms with E-state index >= 15 is 0 Å². The lowest BCUT2D eigenvalue weighted by Gasteiger charge is -2.33. The Morgan fingerprint density at radius 1 is 1.19 bits per heavy atom. The average molecular weight is 245 g/mol. The van der Waals surface area contributed by atoms with Gasteiger partial charge < -0.3 is 5.32 Å². The van der Waals surface area contributed by atoms with Gasteiger partial charge in [0.1, 0.15) is 0 Å². The predicted molar refractivity (Wildman–Crippen MR) is 66.2 cm³/mol. The first-order valence-electron chi connectivity index (χ1n) is 6.36. The van der Waals surface area contributed by atoms with Gasteiger partial charge in [0, 0.05) is 12.1 Å². The van der Waals surface area contributed by atoms with Crippen molar-refractivity contribution in [2.45, 2.75) is 58.0 Å². The minimum atomic E-state index is -2.77. The highest BCUT2D eigenvalue weighted by atomic mass is 32.2. The highest BCUT2D eigenvalue weighted by Gasteiger charge is 2.36. The zero-order valence-corrected chi connectivity index (χ0v) is 11.1. The van der Waals surface area contributed by atoms with Gasteiger partial charge >= 0.3 is 0 Å². The summed E-state index contributed by atoms with van der Waals surface area (Å²) < 4.78 is 23.1. The molecule has 2 rings (SSSR count). The van der Waals surface area contributed by atoms with E-state index in [2.05, 4.69) is 19.2 Å². The second-order valence-electron chi connectivity index (χ2n) is 6.05. The number of hydrogen-bond acceptors (Lipinski definition) is 3. The van der Waals surface area contributed by atoms with Crippen LogP contribution in [0, 0.1) is 5.41 Å². The zero-order valence-electron chi connectivity index (χ0n) is 10.3. The van der Waals surface area contributed by atoms with Crippen LogP contribution in [-0.4, -0.2) is 32.0 Å². The van der Waals surface area contributed by atoms with Gasteiger partial charge in [0.15, 0.2) is 9.84 Å². The summed E-state index contributed by atoms with van der Waals surface area (Å²) in [6, 6.07) is 0.701. The molecule has 1 N–H and O–H groups in total. The monoisotopic (exact) mass is 245 g/mol. The fourth-order valence-corrected chi connectivity index (χ4v) is 4.72. The fourth-order valence-electron chi connectivity index (χ4n) is 3.07.